The van der Waals surface area contributed by atoms with Gasteiger partial charge in [-0.05, 0) is 31.7 Å². The summed E-state index contributed by atoms with van der Waals surface area (Å²) >= 11 is 0. The van der Waals surface area contributed by atoms with Crippen LogP contribution < -0.4 is 10.1 Å². The highest BCUT2D eigenvalue weighted by molar-refractivity contribution is 5.17. The molecule has 100 valence electrons. The van der Waals surface area contributed by atoms with Gasteiger partial charge in [-0.2, -0.15) is 0 Å². The van der Waals surface area contributed by atoms with Crippen molar-refractivity contribution in [2.75, 3.05) is 19.7 Å². The van der Waals surface area contributed by atoms with Crippen molar-refractivity contribution in [1.29, 1.82) is 0 Å². The maximum absolute atomic E-state index is 5.86. The number of aromatic nitrogens is 2. The fourth-order valence-corrected chi connectivity index (χ4v) is 2.26. The number of hydrogen-bond acceptors (Lipinski definition) is 4. The van der Waals surface area contributed by atoms with Gasteiger partial charge in [-0.3, -0.25) is 4.98 Å². The molecule has 1 aromatic rings. The minimum atomic E-state index is 0.570. The molecule has 18 heavy (non-hydrogen) atoms. The second-order valence-electron chi connectivity index (χ2n) is 5.43. The van der Waals surface area contributed by atoms with Gasteiger partial charge in [-0.15, -0.1) is 0 Å². The quantitative estimate of drug-likeness (QED) is 0.867. The third kappa shape index (κ3) is 3.95. The molecule has 1 unspecified atom stereocenters. The lowest BCUT2D eigenvalue weighted by Gasteiger charge is -2.22. The van der Waals surface area contributed by atoms with Crippen molar-refractivity contribution in [1.82, 2.24) is 15.3 Å². The molecule has 0 bridgehead atoms. The molecule has 0 radical (unpaired) electrons. The Morgan fingerprint density at radius 1 is 1.39 bits per heavy atom. The van der Waals surface area contributed by atoms with E-state index in [4.69, 9.17) is 4.74 Å². The molecule has 0 aliphatic carbocycles. The smallest absolute Gasteiger partial charge is 0.235 e. The van der Waals surface area contributed by atoms with Crippen LogP contribution in [0.4, 0.5) is 0 Å². The zero-order valence-electron chi connectivity index (χ0n) is 11.4. The first kappa shape index (κ1) is 13.3. The average molecular weight is 249 g/mol. The van der Waals surface area contributed by atoms with E-state index < -0.39 is 0 Å². The van der Waals surface area contributed by atoms with Crippen molar-refractivity contribution >= 4 is 0 Å². The van der Waals surface area contributed by atoms with Gasteiger partial charge in [0.15, 0.2) is 0 Å². The normalized spacial score (nSPS) is 20.1. The van der Waals surface area contributed by atoms with Crippen LogP contribution >= 0.6 is 0 Å². The van der Waals surface area contributed by atoms with Crippen molar-refractivity contribution in [3.63, 3.8) is 0 Å². The number of rotatable bonds is 5. The minimum Gasteiger partial charge on any atom is -0.476 e. The van der Waals surface area contributed by atoms with Crippen LogP contribution in [0.15, 0.2) is 12.4 Å². The van der Waals surface area contributed by atoms with Crippen LogP contribution in [0, 0.1) is 11.8 Å². The van der Waals surface area contributed by atoms with Crippen LogP contribution in [0.3, 0.4) is 0 Å². The van der Waals surface area contributed by atoms with E-state index in [0.717, 1.165) is 37.7 Å². The zero-order valence-corrected chi connectivity index (χ0v) is 11.4. The highest BCUT2D eigenvalue weighted by atomic mass is 16.5. The Bertz CT molecular complexity index is 362. The summed E-state index contributed by atoms with van der Waals surface area (Å²) in [5, 5.41) is 3.40. The monoisotopic (exact) mass is 249 g/mol. The Labute approximate surface area is 109 Å². The van der Waals surface area contributed by atoms with Gasteiger partial charge in [0.1, 0.15) is 5.69 Å². The summed E-state index contributed by atoms with van der Waals surface area (Å²) in [6.07, 6.45) is 6.86. The Balaban J connectivity index is 1.91. The first-order chi connectivity index (χ1) is 8.75. The second kappa shape index (κ2) is 6.69. The van der Waals surface area contributed by atoms with Crippen LogP contribution in [-0.4, -0.2) is 29.7 Å². The summed E-state index contributed by atoms with van der Waals surface area (Å²) in [6, 6.07) is 0. The minimum absolute atomic E-state index is 0.570. The van der Waals surface area contributed by atoms with Gasteiger partial charge in [0.05, 0.1) is 6.61 Å². The van der Waals surface area contributed by atoms with Gasteiger partial charge in [0, 0.05) is 24.9 Å². The third-order valence-electron chi connectivity index (χ3n) is 3.19. The maximum Gasteiger partial charge on any atom is 0.235 e. The van der Waals surface area contributed by atoms with Gasteiger partial charge < -0.3 is 10.1 Å². The van der Waals surface area contributed by atoms with Crippen molar-refractivity contribution in [3.05, 3.63) is 18.1 Å². The first-order valence-corrected chi connectivity index (χ1v) is 6.89. The third-order valence-corrected chi connectivity index (χ3v) is 3.19. The van der Waals surface area contributed by atoms with Crippen LogP contribution in [0.1, 0.15) is 32.4 Å². The second-order valence-corrected chi connectivity index (χ2v) is 5.43. The molecular formula is C14H23N3O. The molecule has 0 aromatic carbocycles. The number of nitrogens with one attached hydrogen (secondary N) is 1. The topological polar surface area (TPSA) is 47.0 Å². The number of nitrogens with zero attached hydrogens (tertiary/aromatic N) is 2. The van der Waals surface area contributed by atoms with Gasteiger partial charge in [-0.25, -0.2) is 4.98 Å². The summed E-state index contributed by atoms with van der Waals surface area (Å²) in [4.78, 5) is 8.69. The summed E-state index contributed by atoms with van der Waals surface area (Å²) in [6.45, 7) is 7.31. The van der Waals surface area contributed by atoms with E-state index in [9.17, 15) is 0 Å². The fraction of sp³-hybridized carbons (Fsp3) is 0.714. The zero-order chi connectivity index (χ0) is 12.8. The van der Waals surface area contributed by atoms with Gasteiger partial charge in [-0.1, -0.05) is 13.8 Å². The van der Waals surface area contributed by atoms with Crippen LogP contribution in [-0.2, 0) is 6.42 Å². The van der Waals surface area contributed by atoms with E-state index in [0.29, 0.717) is 11.8 Å². The predicted molar refractivity (Wildman–Crippen MR) is 71.7 cm³/mol. The van der Waals surface area contributed by atoms with E-state index in [2.05, 4.69) is 29.1 Å². The standard InChI is InChI=1S/C14H23N3O/c1-11(2)8-13-14(17-7-6-16-13)18-10-12-4-3-5-15-9-12/h6-7,11-12,15H,3-5,8-10H2,1-2H3. The number of hydrogen-bond donors (Lipinski definition) is 1. The molecule has 2 heterocycles. The lowest BCUT2D eigenvalue weighted by Crippen LogP contribution is -2.33. The van der Waals surface area contributed by atoms with E-state index >= 15 is 0 Å². The van der Waals surface area contributed by atoms with Crippen LogP contribution in [0.5, 0.6) is 5.88 Å². The number of piperidine rings is 1. The molecule has 0 amide bonds. The van der Waals surface area contributed by atoms with Crippen LogP contribution in [0.25, 0.3) is 0 Å². The molecule has 1 saturated heterocycles. The van der Waals surface area contributed by atoms with Crippen molar-refractivity contribution in [2.45, 2.75) is 33.1 Å². The molecule has 1 atom stereocenters. The average Bonchev–Trinajstić information content (AvgIpc) is 2.38. The van der Waals surface area contributed by atoms with Gasteiger partial charge >= 0.3 is 0 Å². The highest BCUT2D eigenvalue weighted by Gasteiger charge is 2.15. The fourth-order valence-electron chi connectivity index (χ4n) is 2.26. The SMILES string of the molecule is CC(C)Cc1nccnc1OCC1CCCNC1. The molecule has 4 nitrogen and oxygen atoms in total. The lowest BCUT2D eigenvalue weighted by atomic mass is 10.0. The van der Waals surface area contributed by atoms with Crippen molar-refractivity contribution < 1.29 is 4.74 Å². The molecule has 1 N–H and O–H groups in total. The molecule has 4 heteroatoms. The van der Waals surface area contributed by atoms with E-state index in [1.165, 1.54) is 12.8 Å². The van der Waals surface area contributed by atoms with Crippen molar-refractivity contribution in [2.24, 2.45) is 11.8 Å². The molecule has 0 saturated carbocycles. The largest absolute Gasteiger partial charge is 0.476 e. The first-order valence-electron chi connectivity index (χ1n) is 6.89. The Kier molecular flexibility index (Phi) is 4.93. The molecule has 2 rings (SSSR count). The summed E-state index contributed by atoms with van der Waals surface area (Å²) in [7, 11) is 0. The Hall–Kier alpha value is -1.16. The molecule has 1 aromatic heterocycles. The van der Waals surface area contributed by atoms with Gasteiger partial charge in [0.25, 0.3) is 0 Å². The van der Waals surface area contributed by atoms with Gasteiger partial charge in [0.2, 0.25) is 5.88 Å². The molecule has 1 fully saturated rings. The Morgan fingerprint density at radius 2 is 2.22 bits per heavy atom. The molecule has 1 aliphatic rings. The van der Waals surface area contributed by atoms with Crippen molar-refractivity contribution in [3.8, 4) is 5.88 Å². The summed E-state index contributed by atoms with van der Waals surface area (Å²) in [5.74, 6) is 1.89. The number of ether oxygens (including phenoxy) is 1. The van der Waals surface area contributed by atoms with E-state index in [1.807, 2.05) is 0 Å². The predicted octanol–water partition coefficient (Wildman–Crippen LogP) is 2.05. The van der Waals surface area contributed by atoms with E-state index in [-0.39, 0.29) is 0 Å². The molecular weight excluding hydrogens is 226 g/mol. The maximum atomic E-state index is 5.86. The highest BCUT2D eigenvalue weighted by Crippen LogP contribution is 2.18. The van der Waals surface area contributed by atoms with E-state index in [1.54, 1.807) is 12.4 Å². The Morgan fingerprint density at radius 3 is 2.94 bits per heavy atom. The molecule has 1 aliphatic heterocycles. The summed E-state index contributed by atoms with van der Waals surface area (Å²) < 4.78 is 5.86. The molecule has 0 spiro atoms. The summed E-state index contributed by atoms with van der Waals surface area (Å²) in [5.41, 5.74) is 0.983. The lowest BCUT2D eigenvalue weighted by molar-refractivity contribution is 0.209. The van der Waals surface area contributed by atoms with Crippen LogP contribution in [0.2, 0.25) is 0 Å².